The molecule has 1 atom stereocenters. The van der Waals surface area contributed by atoms with Crippen molar-refractivity contribution in [1.82, 2.24) is 5.32 Å². The molecule has 1 nitrogen and oxygen atoms in total. The molecular weight excluding hydrogens is 354 g/mol. The number of benzene rings is 1. The van der Waals surface area contributed by atoms with Crippen molar-refractivity contribution in [3.05, 3.63) is 54.6 Å². The average molecular weight is 373 g/mol. The zero-order valence-corrected chi connectivity index (χ0v) is 15.1. The molecule has 1 unspecified atom stereocenters. The van der Waals surface area contributed by atoms with Gasteiger partial charge in [-0.05, 0) is 66.0 Å². The van der Waals surface area contributed by atoms with Gasteiger partial charge in [0.25, 0.3) is 0 Å². The van der Waals surface area contributed by atoms with Gasteiger partial charge in [0.05, 0.1) is 11.1 Å². The van der Waals surface area contributed by atoms with E-state index in [0.717, 1.165) is 28.0 Å². The Kier molecular flexibility index (Phi) is 5.67. The van der Waals surface area contributed by atoms with E-state index >= 15 is 0 Å². The van der Waals surface area contributed by atoms with Crippen molar-refractivity contribution in [3.63, 3.8) is 0 Å². The Morgan fingerprint density at radius 1 is 1.35 bits per heavy atom. The van der Waals surface area contributed by atoms with Crippen molar-refractivity contribution < 1.29 is 0 Å². The van der Waals surface area contributed by atoms with Crippen molar-refractivity contribution >= 4 is 38.9 Å². The van der Waals surface area contributed by atoms with E-state index in [1.807, 2.05) is 23.5 Å². The van der Waals surface area contributed by atoms with Crippen LogP contribution < -0.4 is 5.32 Å². The summed E-state index contributed by atoms with van der Waals surface area (Å²) in [5.74, 6) is 0. The fourth-order valence-electron chi connectivity index (χ4n) is 2.32. The van der Waals surface area contributed by atoms with E-state index in [9.17, 15) is 0 Å². The molecule has 2 rings (SSSR count). The first-order chi connectivity index (χ1) is 9.54. The Hall–Kier alpha value is -0.350. The summed E-state index contributed by atoms with van der Waals surface area (Å²) in [6, 6.07) is 8.54. The van der Waals surface area contributed by atoms with Gasteiger partial charge in [-0.1, -0.05) is 30.7 Å². The summed E-state index contributed by atoms with van der Waals surface area (Å²) in [5.41, 5.74) is 2.47. The van der Waals surface area contributed by atoms with Gasteiger partial charge in [-0.25, -0.2) is 0 Å². The van der Waals surface area contributed by atoms with Crippen LogP contribution in [-0.4, -0.2) is 6.54 Å². The zero-order valence-electron chi connectivity index (χ0n) is 12.0. The van der Waals surface area contributed by atoms with E-state index in [2.05, 4.69) is 54.2 Å². The molecule has 1 aromatic heterocycles. The van der Waals surface area contributed by atoms with E-state index in [-0.39, 0.29) is 6.04 Å². The van der Waals surface area contributed by atoms with Crippen LogP contribution in [0.15, 0.2) is 28.7 Å². The lowest BCUT2D eigenvalue weighted by Gasteiger charge is -2.20. The maximum atomic E-state index is 6.49. The van der Waals surface area contributed by atoms with Crippen LogP contribution in [0.4, 0.5) is 0 Å². The maximum Gasteiger partial charge on any atom is 0.0688 e. The molecule has 0 fully saturated rings. The van der Waals surface area contributed by atoms with Gasteiger partial charge < -0.3 is 5.32 Å². The van der Waals surface area contributed by atoms with Gasteiger partial charge in [-0.2, -0.15) is 0 Å². The van der Waals surface area contributed by atoms with E-state index in [1.54, 1.807) is 0 Å². The van der Waals surface area contributed by atoms with E-state index in [1.165, 1.54) is 15.3 Å². The molecule has 0 bridgehead atoms. The molecule has 1 aromatic carbocycles. The standard InChI is InChI=1S/C16H19BrClNS/c1-4-8-19-15(16-10(2)9-11(3)20-16)12-6-5-7-13(17)14(12)18/h5-7,9,15,19H,4,8H2,1-3H3. The van der Waals surface area contributed by atoms with Crippen LogP contribution in [0.25, 0.3) is 0 Å². The van der Waals surface area contributed by atoms with Crippen molar-refractivity contribution in [2.75, 3.05) is 6.54 Å². The molecule has 0 radical (unpaired) electrons. The first kappa shape index (κ1) is 16.0. The summed E-state index contributed by atoms with van der Waals surface area (Å²) in [5, 5.41) is 4.43. The summed E-state index contributed by atoms with van der Waals surface area (Å²) >= 11 is 11.9. The minimum atomic E-state index is 0.165. The van der Waals surface area contributed by atoms with Gasteiger partial charge in [0, 0.05) is 14.2 Å². The number of hydrogen-bond acceptors (Lipinski definition) is 2. The highest BCUT2D eigenvalue weighted by Crippen LogP contribution is 2.37. The van der Waals surface area contributed by atoms with Crippen molar-refractivity contribution in [3.8, 4) is 0 Å². The molecule has 1 heterocycles. The lowest BCUT2D eigenvalue weighted by Crippen LogP contribution is -2.23. The predicted molar refractivity (Wildman–Crippen MR) is 93.1 cm³/mol. The average Bonchev–Trinajstić information content (AvgIpc) is 2.74. The smallest absolute Gasteiger partial charge is 0.0688 e. The second kappa shape index (κ2) is 7.08. The summed E-state index contributed by atoms with van der Waals surface area (Å²) in [6.07, 6.45) is 1.10. The van der Waals surface area contributed by atoms with Crippen LogP contribution in [0.2, 0.25) is 5.02 Å². The molecule has 4 heteroatoms. The fourth-order valence-corrected chi connectivity index (χ4v) is 4.07. The van der Waals surface area contributed by atoms with Crippen molar-refractivity contribution in [2.24, 2.45) is 0 Å². The highest BCUT2D eigenvalue weighted by atomic mass is 79.9. The van der Waals surface area contributed by atoms with E-state index < -0.39 is 0 Å². The van der Waals surface area contributed by atoms with Gasteiger partial charge >= 0.3 is 0 Å². The number of halogens is 2. The summed E-state index contributed by atoms with van der Waals surface area (Å²) in [6.45, 7) is 7.48. The zero-order chi connectivity index (χ0) is 14.7. The maximum absolute atomic E-state index is 6.49. The predicted octanol–water partition coefficient (Wildman–Crippen LogP) is 5.87. The minimum Gasteiger partial charge on any atom is -0.306 e. The third kappa shape index (κ3) is 3.45. The Morgan fingerprint density at radius 3 is 2.70 bits per heavy atom. The number of thiophene rings is 1. The molecule has 0 aliphatic carbocycles. The SMILES string of the molecule is CCCNC(c1cccc(Br)c1Cl)c1sc(C)cc1C. The first-order valence-electron chi connectivity index (χ1n) is 6.78. The number of rotatable bonds is 5. The van der Waals surface area contributed by atoms with Gasteiger partial charge in [0.1, 0.15) is 0 Å². The monoisotopic (exact) mass is 371 g/mol. The third-order valence-corrected chi connectivity index (χ3v) is 5.76. The molecule has 0 amide bonds. The molecule has 1 N–H and O–H groups in total. The fraction of sp³-hybridized carbons (Fsp3) is 0.375. The lowest BCUT2D eigenvalue weighted by molar-refractivity contribution is 0.604. The topological polar surface area (TPSA) is 12.0 Å². The third-order valence-electron chi connectivity index (χ3n) is 3.23. The normalized spacial score (nSPS) is 12.7. The van der Waals surface area contributed by atoms with Gasteiger partial charge in [0.2, 0.25) is 0 Å². The van der Waals surface area contributed by atoms with Crippen molar-refractivity contribution in [2.45, 2.75) is 33.2 Å². The van der Waals surface area contributed by atoms with E-state index in [4.69, 9.17) is 11.6 Å². The van der Waals surface area contributed by atoms with Crippen LogP contribution in [0.5, 0.6) is 0 Å². The second-order valence-corrected chi connectivity index (χ2v) is 7.45. The number of nitrogens with one attached hydrogen (secondary N) is 1. The second-order valence-electron chi connectivity index (χ2n) is 4.93. The number of aryl methyl sites for hydroxylation is 2. The molecular formula is C16H19BrClNS. The van der Waals surface area contributed by atoms with Crippen molar-refractivity contribution in [1.29, 1.82) is 0 Å². The molecule has 108 valence electrons. The molecule has 2 aromatic rings. The van der Waals surface area contributed by atoms with Crippen LogP contribution in [0.3, 0.4) is 0 Å². The van der Waals surface area contributed by atoms with Gasteiger partial charge in [-0.15, -0.1) is 11.3 Å². The summed E-state index contributed by atoms with van der Waals surface area (Å²) in [4.78, 5) is 2.70. The molecule has 0 saturated heterocycles. The molecule has 0 aliphatic rings. The first-order valence-corrected chi connectivity index (χ1v) is 8.77. The highest BCUT2D eigenvalue weighted by molar-refractivity contribution is 9.10. The molecule has 0 spiro atoms. The Labute approximate surface area is 138 Å². The Balaban J connectivity index is 2.47. The van der Waals surface area contributed by atoms with Crippen LogP contribution in [0.1, 0.15) is 40.3 Å². The summed E-state index contributed by atoms with van der Waals surface area (Å²) < 4.78 is 0.950. The highest BCUT2D eigenvalue weighted by Gasteiger charge is 2.21. The lowest BCUT2D eigenvalue weighted by atomic mass is 10.0. The van der Waals surface area contributed by atoms with Crippen LogP contribution in [-0.2, 0) is 0 Å². The minimum absolute atomic E-state index is 0.165. The number of hydrogen-bond donors (Lipinski definition) is 1. The summed E-state index contributed by atoms with van der Waals surface area (Å²) in [7, 11) is 0. The Bertz CT molecular complexity index is 594. The molecule has 0 saturated carbocycles. The van der Waals surface area contributed by atoms with Crippen LogP contribution >= 0.6 is 38.9 Å². The van der Waals surface area contributed by atoms with E-state index in [0.29, 0.717) is 0 Å². The van der Waals surface area contributed by atoms with Gasteiger partial charge in [-0.3, -0.25) is 0 Å². The van der Waals surface area contributed by atoms with Gasteiger partial charge in [0.15, 0.2) is 0 Å². The van der Waals surface area contributed by atoms with Crippen LogP contribution in [0, 0.1) is 13.8 Å². The quantitative estimate of drug-likeness (QED) is 0.692. The molecule has 0 aliphatic heterocycles. The largest absolute Gasteiger partial charge is 0.306 e. The Morgan fingerprint density at radius 2 is 2.10 bits per heavy atom. The molecule has 20 heavy (non-hydrogen) atoms.